The Morgan fingerprint density at radius 2 is 1.88 bits per heavy atom. The normalized spacial score (nSPS) is 11.8. The molecule has 2 aromatic rings. The van der Waals surface area contributed by atoms with E-state index < -0.39 is 21.7 Å². The maximum atomic E-state index is 13.8. The molecule has 1 amide bonds. The zero-order valence-corrected chi connectivity index (χ0v) is 16.4. The number of halogens is 2. The summed E-state index contributed by atoms with van der Waals surface area (Å²) in [6.45, 7) is 3.51. The first-order chi connectivity index (χ1) is 11.6. The van der Waals surface area contributed by atoms with Crippen LogP contribution in [0.1, 0.15) is 24.2 Å². The molecule has 8 heteroatoms. The number of sulfonamides is 1. The molecule has 25 heavy (non-hydrogen) atoms. The molecule has 0 aliphatic carbocycles. The van der Waals surface area contributed by atoms with Gasteiger partial charge < -0.3 is 5.32 Å². The van der Waals surface area contributed by atoms with Gasteiger partial charge in [0.25, 0.3) is 5.91 Å². The van der Waals surface area contributed by atoms with Crippen LogP contribution in [0.3, 0.4) is 0 Å². The third-order valence-electron chi connectivity index (χ3n) is 3.68. The maximum absolute atomic E-state index is 13.8. The number of hydrogen-bond donors (Lipinski definition) is 1. The van der Waals surface area contributed by atoms with Crippen LogP contribution in [0.5, 0.6) is 0 Å². The Kier molecular flexibility index (Phi) is 5.97. The second-order valence-corrected chi connectivity index (χ2v) is 8.63. The Bertz CT molecular complexity index is 901. The van der Waals surface area contributed by atoms with E-state index in [1.165, 1.54) is 47.8 Å². The zero-order valence-electron chi connectivity index (χ0n) is 14.0. The highest BCUT2D eigenvalue weighted by molar-refractivity contribution is 9.10. The van der Waals surface area contributed by atoms with Crippen molar-refractivity contribution in [3.8, 4) is 0 Å². The number of hydrogen-bond acceptors (Lipinski definition) is 3. The molecule has 0 atom stereocenters. The maximum Gasteiger partial charge on any atom is 0.255 e. The van der Waals surface area contributed by atoms with Gasteiger partial charge in [-0.05, 0) is 50.2 Å². The molecule has 0 saturated heterocycles. The minimum atomic E-state index is -3.71. The standard InChI is InChI=1S/C17H18BrFN2O3S/c1-11(2)21(3)25(23,24)14-6-4-5-12(9-14)17(22)20-16-8-7-13(18)10-15(16)19/h4-11H,1-3H3,(H,20,22). The molecule has 2 aromatic carbocycles. The Morgan fingerprint density at radius 1 is 1.20 bits per heavy atom. The number of nitrogens with one attached hydrogen (secondary N) is 1. The summed E-state index contributed by atoms with van der Waals surface area (Å²) in [5, 5.41) is 2.44. The summed E-state index contributed by atoms with van der Waals surface area (Å²) < 4.78 is 40.7. The highest BCUT2D eigenvalue weighted by Gasteiger charge is 2.24. The number of amides is 1. The van der Waals surface area contributed by atoms with Gasteiger partial charge in [-0.3, -0.25) is 4.79 Å². The number of benzene rings is 2. The Hall–Kier alpha value is -1.77. The van der Waals surface area contributed by atoms with Gasteiger partial charge in [-0.1, -0.05) is 22.0 Å². The van der Waals surface area contributed by atoms with E-state index in [9.17, 15) is 17.6 Å². The summed E-state index contributed by atoms with van der Waals surface area (Å²) in [7, 11) is -2.23. The molecule has 1 N–H and O–H groups in total. The van der Waals surface area contributed by atoms with Gasteiger partial charge in [0.05, 0.1) is 10.6 Å². The van der Waals surface area contributed by atoms with Crippen LogP contribution in [0.15, 0.2) is 51.8 Å². The molecular formula is C17H18BrFN2O3S. The predicted octanol–water partition coefficient (Wildman–Crippen LogP) is 3.87. The summed E-state index contributed by atoms with van der Waals surface area (Å²) in [5.41, 5.74) is 0.140. The van der Waals surface area contributed by atoms with Gasteiger partial charge in [-0.2, -0.15) is 4.31 Å². The van der Waals surface area contributed by atoms with Gasteiger partial charge in [0, 0.05) is 23.1 Å². The van der Waals surface area contributed by atoms with Crippen molar-refractivity contribution in [2.45, 2.75) is 24.8 Å². The first-order valence-corrected chi connectivity index (χ1v) is 9.70. The Morgan fingerprint density at radius 3 is 2.48 bits per heavy atom. The second-order valence-electron chi connectivity index (χ2n) is 5.72. The lowest BCUT2D eigenvalue weighted by Gasteiger charge is -2.21. The summed E-state index contributed by atoms with van der Waals surface area (Å²) in [6.07, 6.45) is 0. The first-order valence-electron chi connectivity index (χ1n) is 7.47. The number of anilines is 1. The molecule has 0 saturated carbocycles. The number of carbonyl (C=O) groups is 1. The third-order valence-corrected chi connectivity index (χ3v) is 6.20. The molecule has 0 aliphatic heterocycles. The largest absolute Gasteiger partial charge is 0.319 e. The van der Waals surface area contributed by atoms with Gasteiger partial charge in [-0.15, -0.1) is 0 Å². The first kappa shape index (κ1) is 19.6. The number of nitrogens with zero attached hydrogens (tertiary/aromatic N) is 1. The van der Waals surface area contributed by atoms with Gasteiger partial charge in [-0.25, -0.2) is 12.8 Å². The minimum absolute atomic E-state index is 0.00706. The smallest absolute Gasteiger partial charge is 0.255 e. The van der Waals surface area contributed by atoms with Crippen LogP contribution in [0.4, 0.5) is 10.1 Å². The lowest BCUT2D eigenvalue weighted by molar-refractivity contribution is 0.102. The van der Waals surface area contributed by atoms with E-state index in [1.54, 1.807) is 19.9 Å². The molecule has 0 fully saturated rings. The summed E-state index contributed by atoms with van der Waals surface area (Å²) in [4.78, 5) is 12.3. The van der Waals surface area contributed by atoms with Crippen molar-refractivity contribution in [3.05, 3.63) is 58.3 Å². The molecule has 0 unspecified atom stereocenters. The molecule has 0 spiro atoms. The fourth-order valence-corrected chi connectivity index (χ4v) is 3.77. The SMILES string of the molecule is CC(C)N(C)S(=O)(=O)c1cccc(C(=O)Nc2ccc(Br)cc2F)c1. The van der Waals surface area contributed by atoms with E-state index >= 15 is 0 Å². The highest BCUT2D eigenvalue weighted by Crippen LogP contribution is 2.21. The third kappa shape index (κ3) is 4.45. The zero-order chi connectivity index (χ0) is 18.8. The van der Waals surface area contributed by atoms with Gasteiger partial charge in [0.15, 0.2) is 0 Å². The lowest BCUT2D eigenvalue weighted by Crippen LogP contribution is -2.33. The Labute approximate surface area is 155 Å². The number of carbonyl (C=O) groups excluding carboxylic acids is 1. The van der Waals surface area contributed by atoms with Gasteiger partial charge in [0.2, 0.25) is 10.0 Å². The van der Waals surface area contributed by atoms with Crippen LogP contribution >= 0.6 is 15.9 Å². The van der Waals surface area contributed by atoms with E-state index in [4.69, 9.17) is 0 Å². The second kappa shape index (κ2) is 7.63. The minimum Gasteiger partial charge on any atom is -0.319 e. The van der Waals surface area contributed by atoms with E-state index in [-0.39, 0.29) is 22.2 Å². The molecule has 0 radical (unpaired) electrons. The van der Waals surface area contributed by atoms with Crippen LogP contribution in [-0.4, -0.2) is 31.7 Å². The predicted molar refractivity (Wildman–Crippen MR) is 98.6 cm³/mol. The summed E-state index contributed by atoms with van der Waals surface area (Å²) in [6, 6.07) is 9.68. The highest BCUT2D eigenvalue weighted by atomic mass is 79.9. The Balaban J connectivity index is 2.30. The molecule has 0 aromatic heterocycles. The molecule has 134 valence electrons. The van der Waals surface area contributed by atoms with Gasteiger partial charge in [0.1, 0.15) is 5.82 Å². The molecule has 5 nitrogen and oxygen atoms in total. The van der Waals surface area contributed by atoms with Crippen molar-refractivity contribution in [2.75, 3.05) is 12.4 Å². The van der Waals surface area contributed by atoms with Crippen molar-refractivity contribution in [2.24, 2.45) is 0 Å². The quantitative estimate of drug-likeness (QED) is 0.785. The van der Waals surface area contributed by atoms with Crippen LogP contribution < -0.4 is 5.32 Å². The van der Waals surface area contributed by atoms with Crippen molar-refractivity contribution in [1.29, 1.82) is 0 Å². The average molecular weight is 429 g/mol. The van der Waals surface area contributed by atoms with Crippen molar-refractivity contribution in [1.82, 2.24) is 4.31 Å². The van der Waals surface area contributed by atoms with E-state index in [0.717, 1.165) is 0 Å². The average Bonchev–Trinajstić information content (AvgIpc) is 2.56. The summed E-state index contributed by atoms with van der Waals surface area (Å²) in [5.74, 6) is -1.18. The summed E-state index contributed by atoms with van der Waals surface area (Å²) >= 11 is 3.14. The van der Waals surface area contributed by atoms with E-state index in [1.807, 2.05) is 0 Å². The molecule has 0 aliphatic rings. The molecular weight excluding hydrogens is 411 g/mol. The lowest BCUT2D eigenvalue weighted by atomic mass is 10.2. The van der Waals surface area contributed by atoms with E-state index in [0.29, 0.717) is 4.47 Å². The fourth-order valence-electron chi connectivity index (χ4n) is 2.03. The van der Waals surface area contributed by atoms with Gasteiger partial charge >= 0.3 is 0 Å². The van der Waals surface area contributed by atoms with E-state index in [2.05, 4.69) is 21.2 Å². The van der Waals surface area contributed by atoms with Crippen molar-refractivity contribution < 1.29 is 17.6 Å². The van der Waals surface area contributed by atoms with Crippen molar-refractivity contribution in [3.63, 3.8) is 0 Å². The van der Waals surface area contributed by atoms with Crippen LogP contribution in [0.25, 0.3) is 0 Å². The van der Waals surface area contributed by atoms with Crippen LogP contribution in [-0.2, 0) is 10.0 Å². The number of rotatable bonds is 5. The molecule has 0 heterocycles. The fraction of sp³-hybridized carbons (Fsp3) is 0.235. The van der Waals surface area contributed by atoms with Crippen LogP contribution in [0, 0.1) is 5.82 Å². The molecule has 0 bridgehead atoms. The molecule has 2 rings (SSSR count). The monoisotopic (exact) mass is 428 g/mol. The topological polar surface area (TPSA) is 66.5 Å². The van der Waals surface area contributed by atoms with Crippen LogP contribution in [0.2, 0.25) is 0 Å². The van der Waals surface area contributed by atoms with Crippen molar-refractivity contribution >= 4 is 37.5 Å².